The molecule has 3 N–H and O–H groups in total. The van der Waals surface area contributed by atoms with Gasteiger partial charge >= 0.3 is 0 Å². The number of benzene rings is 1. The van der Waals surface area contributed by atoms with Gasteiger partial charge in [0, 0.05) is 13.5 Å². The molecule has 0 aromatic heterocycles. The third-order valence-electron chi connectivity index (χ3n) is 3.05. The van der Waals surface area contributed by atoms with Gasteiger partial charge in [0.1, 0.15) is 0 Å². The van der Waals surface area contributed by atoms with Crippen LogP contribution in [0.2, 0.25) is 0 Å². The van der Waals surface area contributed by atoms with E-state index in [1.807, 2.05) is 30.3 Å². The molecule has 1 fully saturated rings. The van der Waals surface area contributed by atoms with Crippen molar-refractivity contribution in [3.63, 3.8) is 0 Å². The highest BCUT2D eigenvalue weighted by molar-refractivity contribution is 5.21. The molecular formula is C12H17NO3. The zero-order chi connectivity index (χ0) is 11.8. The van der Waals surface area contributed by atoms with Crippen LogP contribution in [-0.2, 0) is 0 Å². The van der Waals surface area contributed by atoms with Crippen molar-refractivity contribution in [2.75, 3.05) is 6.54 Å². The third kappa shape index (κ3) is 2.10. The highest BCUT2D eigenvalue weighted by atomic mass is 16.5. The van der Waals surface area contributed by atoms with Gasteiger partial charge < -0.3 is 15.3 Å². The smallest absolute Gasteiger partial charge is 0.222 e. The summed E-state index contributed by atoms with van der Waals surface area (Å²) in [5, 5.41) is 29.2. The number of aliphatic hydroxyl groups is 3. The lowest BCUT2D eigenvalue weighted by molar-refractivity contribution is -0.258. The number of hydrogen-bond acceptors (Lipinski definition) is 4. The maximum Gasteiger partial charge on any atom is 0.222 e. The molecule has 1 aliphatic rings. The van der Waals surface area contributed by atoms with Gasteiger partial charge in [0.15, 0.2) is 0 Å². The quantitative estimate of drug-likeness (QED) is 0.637. The number of nitrogens with zero attached hydrogens (tertiary/aromatic N) is 1. The Morgan fingerprint density at radius 3 is 2.44 bits per heavy atom. The van der Waals surface area contributed by atoms with Crippen molar-refractivity contribution in [3.8, 4) is 0 Å². The summed E-state index contributed by atoms with van der Waals surface area (Å²) in [6.07, 6.45) is -0.00275. The second-order valence-electron chi connectivity index (χ2n) is 4.38. The molecule has 1 aliphatic heterocycles. The van der Waals surface area contributed by atoms with Crippen LogP contribution in [0.4, 0.5) is 0 Å². The third-order valence-corrected chi connectivity index (χ3v) is 3.05. The van der Waals surface area contributed by atoms with Gasteiger partial charge in [-0.3, -0.25) is 0 Å². The summed E-state index contributed by atoms with van der Waals surface area (Å²) in [5.74, 6) is -1.89. The zero-order valence-electron chi connectivity index (χ0n) is 9.24. The largest absolute Gasteiger partial charge is 0.391 e. The van der Waals surface area contributed by atoms with Gasteiger partial charge in [0.25, 0.3) is 0 Å². The molecule has 16 heavy (non-hydrogen) atoms. The van der Waals surface area contributed by atoms with Crippen LogP contribution < -0.4 is 0 Å². The fourth-order valence-electron chi connectivity index (χ4n) is 2.30. The summed E-state index contributed by atoms with van der Waals surface area (Å²) in [6, 6.07) is 9.08. The Bertz CT molecular complexity index is 347. The van der Waals surface area contributed by atoms with E-state index < -0.39 is 12.0 Å². The first-order valence-corrected chi connectivity index (χ1v) is 5.44. The van der Waals surface area contributed by atoms with Crippen molar-refractivity contribution >= 4 is 0 Å². The van der Waals surface area contributed by atoms with Crippen LogP contribution >= 0.6 is 0 Å². The molecule has 2 unspecified atom stereocenters. The van der Waals surface area contributed by atoms with Crippen LogP contribution in [0, 0.1) is 0 Å². The summed E-state index contributed by atoms with van der Waals surface area (Å²) in [6.45, 7) is 1.80. The predicted molar refractivity (Wildman–Crippen MR) is 59.4 cm³/mol. The minimum absolute atomic E-state index is 0.346. The van der Waals surface area contributed by atoms with Gasteiger partial charge in [-0.1, -0.05) is 30.3 Å². The Morgan fingerprint density at radius 2 is 1.88 bits per heavy atom. The van der Waals surface area contributed by atoms with Crippen LogP contribution in [0.1, 0.15) is 24.9 Å². The molecule has 1 heterocycles. The summed E-state index contributed by atoms with van der Waals surface area (Å²) >= 11 is 0. The molecule has 4 heteroatoms. The Kier molecular flexibility index (Phi) is 2.99. The lowest BCUT2D eigenvalue weighted by Crippen LogP contribution is -2.46. The van der Waals surface area contributed by atoms with Crippen molar-refractivity contribution in [2.24, 2.45) is 0 Å². The maximum absolute atomic E-state index is 9.91. The molecule has 0 aliphatic carbocycles. The molecule has 1 aromatic carbocycles. The van der Waals surface area contributed by atoms with E-state index in [4.69, 9.17) is 0 Å². The molecule has 4 nitrogen and oxygen atoms in total. The number of hydrogen-bond donors (Lipinski definition) is 3. The first-order valence-electron chi connectivity index (χ1n) is 5.44. The van der Waals surface area contributed by atoms with Crippen molar-refractivity contribution in [1.29, 1.82) is 0 Å². The van der Waals surface area contributed by atoms with E-state index in [9.17, 15) is 15.3 Å². The van der Waals surface area contributed by atoms with Gasteiger partial charge in [-0.2, -0.15) is 0 Å². The standard InChI is InChI=1S/C12H17NO3/c1-12(15,16)13-8-7-10(14)11(13)9-5-3-2-4-6-9/h2-6,10-11,14-16H,7-8H2,1H3. The molecule has 2 rings (SSSR count). The zero-order valence-corrected chi connectivity index (χ0v) is 9.24. The first-order chi connectivity index (χ1) is 7.50. The van der Waals surface area contributed by atoms with E-state index in [0.717, 1.165) is 5.56 Å². The van der Waals surface area contributed by atoms with Crippen LogP contribution in [0.5, 0.6) is 0 Å². The fraction of sp³-hybridized carbons (Fsp3) is 0.500. The molecule has 1 aromatic rings. The van der Waals surface area contributed by atoms with Gasteiger partial charge in [0.05, 0.1) is 12.1 Å². The maximum atomic E-state index is 9.91. The highest BCUT2D eigenvalue weighted by Gasteiger charge is 2.42. The normalized spacial score (nSPS) is 27.2. The molecular weight excluding hydrogens is 206 g/mol. The number of likely N-dealkylation sites (tertiary alicyclic amines) is 1. The Morgan fingerprint density at radius 1 is 1.25 bits per heavy atom. The number of rotatable bonds is 2. The summed E-state index contributed by atoms with van der Waals surface area (Å²) < 4.78 is 0. The lowest BCUT2D eigenvalue weighted by atomic mass is 10.0. The van der Waals surface area contributed by atoms with Crippen molar-refractivity contribution in [1.82, 2.24) is 4.90 Å². The van der Waals surface area contributed by atoms with Crippen molar-refractivity contribution in [3.05, 3.63) is 35.9 Å². The minimum atomic E-state index is -1.89. The summed E-state index contributed by atoms with van der Waals surface area (Å²) in [5.41, 5.74) is 0.904. The Balaban J connectivity index is 2.30. The molecule has 0 amide bonds. The van der Waals surface area contributed by atoms with E-state index >= 15 is 0 Å². The average molecular weight is 223 g/mol. The molecule has 0 radical (unpaired) electrons. The molecule has 0 spiro atoms. The SMILES string of the molecule is CC(O)(O)N1CCC(O)C1c1ccccc1. The van der Waals surface area contributed by atoms with Crippen molar-refractivity contribution in [2.45, 2.75) is 31.4 Å². The monoisotopic (exact) mass is 223 g/mol. The molecule has 0 saturated carbocycles. The van der Waals surface area contributed by atoms with E-state index in [1.165, 1.54) is 11.8 Å². The predicted octanol–water partition coefficient (Wildman–Crippen LogP) is 0.453. The molecule has 0 bridgehead atoms. The van der Waals surface area contributed by atoms with Crippen LogP contribution in [0.25, 0.3) is 0 Å². The van der Waals surface area contributed by atoms with E-state index in [2.05, 4.69) is 0 Å². The van der Waals surface area contributed by atoms with Crippen LogP contribution in [0.3, 0.4) is 0 Å². The van der Waals surface area contributed by atoms with Crippen LogP contribution in [0.15, 0.2) is 30.3 Å². The molecule has 2 atom stereocenters. The summed E-state index contributed by atoms with van der Waals surface area (Å²) in [4.78, 5) is 1.51. The van der Waals surface area contributed by atoms with Gasteiger partial charge in [-0.05, 0) is 12.0 Å². The molecule has 88 valence electrons. The van der Waals surface area contributed by atoms with Gasteiger partial charge in [-0.25, -0.2) is 4.90 Å². The lowest BCUT2D eigenvalue weighted by Gasteiger charge is -2.34. The summed E-state index contributed by atoms with van der Waals surface area (Å²) in [7, 11) is 0. The molecule has 1 saturated heterocycles. The number of aliphatic hydroxyl groups excluding tert-OH is 1. The van der Waals surface area contributed by atoms with Crippen molar-refractivity contribution < 1.29 is 15.3 Å². The minimum Gasteiger partial charge on any atom is -0.391 e. The highest BCUT2D eigenvalue weighted by Crippen LogP contribution is 2.35. The second-order valence-corrected chi connectivity index (χ2v) is 4.38. The van der Waals surface area contributed by atoms with E-state index in [-0.39, 0.29) is 6.04 Å². The van der Waals surface area contributed by atoms with E-state index in [1.54, 1.807) is 0 Å². The topological polar surface area (TPSA) is 63.9 Å². The van der Waals surface area contributed by atoms with E-state index in [0.29, 0.717) is 13.0 Å². The Labute approximate surface area is 94.8 Å². The Hall–Kier alpha value is -0.940. The van der Waals surface area contributed by atoms with Crippen LogP contribution in [-0.4, -0.2) is 38.8 Å². The fourth-order valence-corrected chi connectivity index (χ4v) is 2.30. The average Bonchev–Trinajstić information content (AvgIpc) is 2.61. The van der Waals surface area contributed by atoms with Gasteiger partial charge in [0.2, 0.25) is 5.91 Å². The first kappa shape index (κ1) is 11.5. The second kappa shape index (κ2) is 4.14. The van der Waals surface area contributed by atoms with Gasteiger partial charge in [-0.15, -0.1) is 0 Å².